The molecule has 1 aromatic rings. The molecule has 0 bridgehead atoms. The highest BCUT2D eigenvalue weighted by Gasteiger charge is 2.08. The summed E-state index contributed by atoms with van der Waals surface area (Å²) in [6.07, 6.45) is 0. The van der Waals surface area contributed by atoms with E-state index in [0.29, 0.717) is 12.1 Å². The van der Waals surface area contributed by atoms with Crippen LogP contribution < -0.4 is 5.32 Å². The quantitative estimate of drug-likeness (QED) is 0.753. The van der Waals surface area contributed by atoms with Gasteiger partial charge in [0.1, 0.15) is 0 Å². The van der Waals surface area contributed by atoms with Gasteiger partial charge in [-0.25, -0.2) is 0 Å². The highest BCUT2D eigenvalue weighted by atomic mass is 16.3. The number of aliphatic hydroxyl groups excluding tert-OH is 1. The molecule has 1 rings (SSSR count). The fourth-order valence-electron chi connectivity index (χ4n) is 1.26. The van der Waals surface area contributed by atoms with Crippen molar-refractivity contribution in [3.63, 3.8) is 0 Å². The molecule has 0 radical (unpaired) electrons. The summed E-state index contributed by atoms with van der Waals surface area (Å²) in [6.45, 7) is 4.16. The molecule has 3 nitrogen and oxygen atoms in total. The average molecular weight is 193 g/mol. The lowest BCUT2D eigenvalue weighted by atomic mass is 10.0. The molecule has 14 heavy (non-hydrogen) atoms. The normalized spacial score (nSPS) is 9.93. The molecule has 1 amide bonds. The second kappa shape index (κ2) is 4.77. The van der Waals surface area contributed by atoms with Crippen LogP contribution in [0.15, 0.2) is 18.2 Å². The predicted molar refractivity (Wildman–Crippen MR) is 55.3 cm³/mol. The van der Waals surface area contributed by atoms with Gasteiger partial charge in [0.15, 0.2) is 0 Å². The fraction of sp³-hybridized carbons (Fsp3) is 0.364. The summed E-state index contributed by atoms with van der Waals surface area (Å²) in [5, 5.41) is 11.2. The van der Waals surface area contributed by atoms with Crippen molar-refractivity contribution in [2.45, 2.75) is 13.8 Å². The van der Waals surface area contributed by atoms with Gasteiger partial charge in [0.2, 0.25) is 0 Å². The van der Waals surface area contributed by atoms with Crippen molar-refractivity contribution in [2.75, 3.05) is 13.2 Å². The molecule has 3 heteroatoms. The van der Waals surface area contributed by atoms with Gasteiger partial charge < -0.3 is 10.4 Å². The summed E-state index contributed by atoms with van der Waals surface area (Å²) in [6, 6.07) is 5.61. The van der Waals surface area contributed by atoms with Gasteiger partial charge in [-0.2, -0.15) is 0 Å². The second-order valence-corrected chi connectivity index (χ2v) is 3.23. The van der Waals surface area contributed by atoms with Gasteiger partial charge in [-0.1, -0.05) is 12.1 Å². The topological polar surface area (TPSA) is 49.3 Å². The minimum absolute atomic E-state index is 0.0311. The zero-order valence-electron chi connectivity index (χ0n) is 8.50. The first-order valence-corrected chi connectivity index (χ1v) is 4.62. The van der Waals surface area contributed by atoms with Crippen molar-refractivity contribution >= 4 is 5.91 Å². The molecule has 0 aliphatic rings. The van der Waals surface area contributed by atoms with Crippen LogP contribution in [0.25, 0.3) is 0 Å². The first-order chi connectivity index (χ1) is 6.66. The lowest BCUT2D eigenvalue weighted by Crippen LogP contribution is -2.27. The molecule has 2 N–H and O–H groups in total. The number of amides is 1. The molecule has 0 unspecified atom stereocenters. The summed E-state index contributed by atoms with van der Waals surface area (Å²) in [5.74, 6) is -0.125. The maximum Gasteiger partial charge on any atom is 0.251 e. The minimum Gasteiger partial charge on any atom is -0.395 e. The molecule has 0 aliphatic heterocycles. The molecule has 76 valence electrons. The van der Waals surface area contributed by atoms with Crippen LogP contribution in [0.1, 0.15) is 21.5 Å². The highest BCUT2D eigenvalue weighted by Crippen LogP contribution is 2.12. The van der Waals surface area contributed by atoms with E-state index in [-0.39, 0.29) is 12.5 Å². The van der Waals surface area contributed by atoms with Crippen molar-refractivity contribution in [2.24, 2.45) is 0 Å². The maximum atomic E-state index is 11.6. The number of benzene rings is 1. The average Bonchev–Trinajstić information content (AvgIpc) is 2.18. The standard InChI is InChI=1S/C11H15NO2/c1-8-4-3-5-10(9(8)2)11(14)12-6-7-13/h3-5,13H,6-7H2,1-2H3,(H,12,14). The lowest BCUT2D eigenvalue weighted by Gasteiger charge is -2.08. The van der Waals surface area contributed by atoms with Crippen LogP contribution in [0.5, 0.6) is 0 Å². The first kappa shape index (κ1) is 10.7. The van der Waals surface area contributed by atoms with Crippen molar-refractivity contribution in [3.8, 4) is 0 Å². The van der Waals surface area contributed by atoms with Crippen LogP contribution in [0, 0.1) is 13.8 Å². The van der Waals surface area contributed by atoms with Crippen LogP contribution >= 0.6 is 0 Å². The van der Waals surface area contributed by atoms with Gasteiger partial charge in [-0.05, 0) is 31.0 Å². The molecular weight excluding hydrogens is 178 g/mol. The SMILES string of the molecule is Cc1cccc(C(=O)NCCO)c1C. The molecule has 0 saturated carbocycles. The first-order valence-electron chi connectivity index (χ1n) is 4.62. The summed E-state index contributed by atoms with van der Waals surface area (Å²) in [7, 11) is 0. The van der Waals surface area contributed by atoms with Crippen LogP contribution in [0.4, 0.5) is 0 Å². The van der Waals surface area contributed by atoms with E-state index in [1.807, 2.05) is 26.0 Å². The van der Waals surface area contributed by atoms with Crippen LogP contribution in [0.2, 0.25) is 0 Å². The Hall–Kier alpha value is -1.35. The zero-order valence-corrected chi connectivity index (χ0v) is 8.50. The van der Waals surface area contributed by atoms with E-state index in [4.69, 9.17) is 5.11 Å². The van der Waals surface area contributed by atoms with Gasteiger partial charge >= 0.3 is 0 Å². The minimum atomic E-state index is -0.125. The zero-order chi connectivity index (χ0) is 10.6. The number of carbonyl (C=O) groups is 1. The number of aliphatic hydroxyl groups is 1. The molecular formula is C11H15NO2. The number of hydrogen-bond acceptors (Lipinski definition) is 2. The third kappa shape index (κ3) is 2.33. The Morgan fingerprint density at radius 1 is 1.43 bits per heavy atom. The van der Waals surface area contributed by atoms with Gasteiger partial charge in [-0.3, -0.25) is 4.79 Å². The van der Waals surface area contributed by atoms with Crippen molar-refractivity contribution in [1.29, 1.82) is 0 Å². The molecule has 0 aromatic heterocycles. The fourth-order valence-corrected chi connectivity index (χ4v) is 1.26. The molecule has 0 fully saturated rings. The van der Waals surface area contributed by atoms with Crippen LogP contribution in [-0.4, -0.2) is 24.2 Å². The third-order valence-electron chi connectivity index (χ3n) is 2.25. The molecule has 0 saturated heterocycles. The summed E-state index contributed by atoms with van der Waals surface area (Å²) >= 11 is 0. The molecule has 0 spiro atoms. The van der Waals surface area contributed by atoms with E-state index < -0.39 is 0 Å². The van der Waals surface area contributed by atoms with Crippen molar-refractivity contribution < 1.29 is 9.90 Å². The number of rotatable bonds is 3. The van der Waals surface area contributed by atoms with E-state index in [9.17, 15) is 4.79 Å². The van der Waals surface area contributed by atoms with Gasteiger partial charge in [-0.15, -0.1) is 0 Å². The van der Waals surface area contributed by atoms with Gasteiger partial charge in [0.05, 0.1) is 6.61 Å². The smallest absolute Gasteiger partial charge is 0.251 e. The van der Waals surface area contributed by atoms with Gasteiger partial charge in [0.25, 0.3) is 5.91 Å². The second-order valence-electron chi connectivity index (χ2n) is 3.23. The van der Waals surface area contributed by atoms with E-state index in [1.165, 1.54) is 0 Å². The highest BCUT2D eigenvalue weighted by molar-refractivity contribution is 5.95. The number of carbonyl (C=O) groups excluding carboxylic acids is 1. The third-order valence-corrected chi connectivity index (χ3v) is 2.25. The Labute approximate surface area is 83.8 Å². The maximum absolute atomic E-state index is 11.6. The summed E-state index contributed by atoms with van der Waals surface area (Å²) in [4.78, 5) is 11.6. The van der Waals surface area contributed by atoms with Crippen LogP contribution in [0.3, 0.4) is 0 Å². The van der Waals surface area contributed by atoms with Crippen LogP contribution in [-0.2, 0) is 0 Å². The molecule has 0 heterocycles. The summed E-state index contributed by atoms with van der Waals surface area (Å²) < 4.78 is 0. The monoisotopic (exact) mass is 193 g/mol. The van der Waals surface area contributed by atoms with E-state index in [2.05, 4.69) is 5.32 Å². The molecule has 0 aliphatic carbocycles. The number of hydrogen-bond donors (Lipinski definition) is 2. The largest absolute Gasteiger partial charge is 0.395 e. The Kier molecular flexibility index (Phi) is 3.65. The Morgan fingerprint density at radius 2 is 2.14 bits per heavy atom. The predicted octanol–water partition coefficient (Wildman–Crippen LogP) is 1.03. The van der Waals surface area contributed by atoms with E-state index in [1.54, 1.807) is 6.07 Å². The summed E-state index contributed by atoms with van der Waals surface area (Å²) in [5.41, 5.74) is 2.77. The van der Waals surface area contributed by atoms with Gasteiger partial charge in [0, 0.05) is 12.1 Å². The van der Waals surface area contributed by atoms with E-state index >= 15 is 0 Å². The lowest BCUT2D eigenvalue weighted by molar-refractivity contribution is 0.0944. The molecule has 1 aromatic carbocycles. The number of nitrogens with one attached hydrogen (secondary N) is 1. The van der Waals surface area contributed by atoms with Crippen molar-refractivity contribution in [1.82, 2.24) is 5.32 Å². The Balaban J connectivity index is 2.84. The van der Waals surface area contributed by atoms with E-state index in [0.717, 1.165) is 11.1 Å². The number of aryl methyl sites for hydroxylation is 1. The molecule has 0 atom stereocenters. The van der Waals surface area contributed by atoms with Crippen molar-refractivity contribution in [3.05, 3.63) is 34.9 Å². The Morgan fingerprint density at radius 3 is 2.79 bits per heavy atom. The Bertz CT molecular complexity index is 334.